The highest BCUT2D eigenvalue weighted by molar-refractivity contribution is 8.01. The summed E-state index contributed by atoms with van der Waals surface area (Å²) in [6.45, 7) is -2.87. The number of alkyl halides is 2. The second-order valence-electron chi connectivity index (χ2n) is 3.32. The summed E-state index contributed by atoms with van der Waals surface area (Å²) in [5.41, 5.74) is 2.03. The number of hydrogen-bond acceptors (Lipinski definition) is 6. The van der Waals surface area contributed by atoms with Crippen molar-refractivity contribution < 1.29 is 18.3 Å². The molecule has 0 N–H and O–H groups in total. The van der Waals surface area contributed by atoms with E-state index in [2.05, 4.69) is 14.9 Å². The third kappa shape index (κ3) is 4.25. The predicted octanol–water partition coefficient (Wildman–Crippen LogP) is 3.11. The molecule has 2 aromatic rings. The van der Waals surface area contributed by atoms with Gasteiger partial charge in [0.05, 0.1) is 5.75 Å². The Morgan fingerprint density at radius 1 is 1.37 bits per heavy atom. The molecule has 0 fully saturated rings. The fourth-order valence-electron chi connectivity index (χ4n) is 1.26. The third-order valence-electron chi connectivity index (χ3n) is 2.07. The van der Waals surface area contributed by atoms with Gasteiger partial charge in [-0.2, -0.15) is 8.78 Å². The first kappa shape index (κ1) is 13.9. The molecule has 0 aliphatic heterocycles. The van der Waals surface area contributed by atoms with Crippen molar-refractivity contribution in [1.82, 2.24) is 10.2 Å². The fourth-order valence-corrected chi connectivity index (χ4v) is 2.64. The van der Waals surface area contributed by atoms with Crippen molar-refractivity contribution in [2.45, 2.75) is 11.0 Å². The Bertz CT molecular complexity index is 532. The monoisotopic (exact) mass is 302 g/mol. The Morgan fingerprint density at radius 2 is 2.11 bits per heavy atom. The Labute approximate surface area is 115 Å². The zero-order valence-electron chi connectivity index (χ0n) is 9.45. The van der Waals surface area contributed by atoms with E-state index in [4.69, 9.17) is 0 Å². The summed E-state index contributed by atoms with van der Waals surface area (Å²) in [7, 11) is 0. The summed E-state index contributed by atoms with van der Waals surface area (Å²) in [4.78, 5) is 11.8. The van der Waals surface area contributed by atoms with Crippen LogP contribution in [-0.2, 0) is 0 Å². The maximum Gasteiger partial charge on any atom is 0.387 e. The molecule has 2 rings (SSSR count). The molecule has 0 aliphatic rings. The van der Waals surface area contributed by atoms with Crippen LogP contribution in [0.5, 0.6) is 5.75 Å². The van der Waals surface area contributed by atoms with E-state index in [-0.39, 0.29) is 17.3 Å². The highest BCUT2D eigenvalue weighted by atomic mass is 32.2. The number of carbonyl (C=O) groups excluding carboxylic acids is 1. The summed E-state index contributed by atoms with van der Waals surface area (Å²) in [5.74, 6) is 0.150. The van der Waals surface area contributed by atoms with Crippen molar-refractivity contribution in [2.24, 2.45) is 0 Å². The topological polar surface area (TPSA) is 52.1 Å². The number of carbonyl (C=O) groups is 1. The lowest BCUT2D eigenvalue weighted by atomic mass is 10.1. The van der Waals surface area contributed by atoms with Crippen molar-refractivity contribution in [3.05, 3.63) is 35.3 Å². The van der Waals surface area contributed by atoms with Gasteiger partial charge in [-0.05, 0) is 24.3 Å². The third-order valence-corrected chi connectivity index (χ3v) is 3.93. The number of Topliss-reactive ketones (excluding diaryl/α,β-unsaturated/α-hetero) is 1. The van der Waals surface area contributed by atoms with Gasteiger partial charge >= 0.3 is 6.61 Å². The maximum atomic E-state index is 12.0. The molecule has 19 heavy (non-hydrogen) atoms. The van der Waals surface area contributed by atoms with E-state index in [1.54, 1.807) is 5.51 Å². The van der Waals surface area contributed by atoms with Gasteiger partial charge in [-0.3, -0.25) is 4.79 Å². The van der Waals surface area contributed by atoms with Crippen LogP contribution in [0, 0.1) is 0 Å². The van der Waals surface area contributed by atoms with Gasteiger partial charge in [-0.1, -0.05) is 23.1 Å². The number of aromatic nitrogens is 2. The molecule has 0 spiro atoms. The Hall–Kier alpha value is -1.54. The number of rotatable bonds is 6. The molecule has 1 heterocycles. The summed E-state index contributed by atoms with van der Waals surface area (Å²) >= 11 is 2.64. The second-order valence-corrected chi connectivity index (χ2v) is 5.38. The highest BCUT2D eigenvalue weighted by Crippen LogP contribution is 2.21. The Kier molecular flexibility index (Phi) is 4.80. The first-order valence-electron chi connectivity index (χ1n) is 5.12. The minimum atomic E-state index is -2.87. The number of nitrogens with zero attached hydrogens (tertiary/aromatic N) is 2. The SMILES string of the molecule is O=C(CSc1nncs1)c1ccc(OC(F)F)cc1. The van der Waals surface area contributed by atoms with Crippen molar-refractivity contribution >= 4 is 28.9 Å². The van der Waals surface area contributed by atoms with E-state index in [1.165, 1.54) is 47.4 Å². The van der Waals surface area contributed by atoms with E-state index in [1.807, 2.05) is 0 Å². The number of ketones is 1. The molecule has 0 radical (unpaired) electrons. The molecule has 0 atom stereocenters. The van der Waals surface area contributed by atoms with Crippen LogP contribution < -0.4 is 4.74 Å². The standard InChI is InChI=1S/C11H8F2N2O2S2/c12-10(13)17-8-3-1-7(2-4-8)9(16)5-18-11-15-14-6-19-11/h1-4,6,10H,5H2. The van der Waals surface area contributed by atoms with Crippen molar-refractivity contribution in [3.63, 3.8) is 0 Å². The van der Waals surface area contributed by atoms with Crippen LogP contribution in [-0.4, -0.2) is 28.3 Å². The number of thioether (sulfide) groups is 1. The van der Waals surface area contributed by atoms with E-state index in [9.17, 15) is 13.6 Å². The van der Waals surface area contributed by atoms with Crippen LogP contribution in [0.25, 0.3) is 0 Å². The molecule has 0 unspecified atom stereocenters. The molecule has 0 bridgehead atoms. The molecule has 1 aromatic heterocycles. The van der Waals surface area contributed by atoms with Crippen LogP contribution >= 0.6 is 23.1 Å². The largest absolute Gasteiger partial charge is 0.435 e. The molecule has 100 valence electrons. The van der Waals surface area contributed by atoms with Crippen LogP contribution in [0.15, 0.2) is 34.1 Å². The summed E-state index contributed by atoms with van der Waals surface area (Å²) in [5, 5.41) is 7.47. The lowest BCUT2D eigenvalue weighted by molar-refractivity contribution is -0.0498. The van der Waals surface area contributed by atoms with Gasteiger partial charge in [0.1, 0.15) is 11.3 Å². The van der Waals surface area contributed by atoms with Gasteiger partial charge in [0.25, 0.3) is 0 Å². The van der Waals surface area contributed by atoms with Gasteiger partial charge in [0, 0.05) is 5.56 Å². The minimum absolute atomic E-state index is 0.0309. The quantitative estimate of drug-likeness (QED) is 0.606. The van der Waals surface area contributed by atoms with E-state index >= 15 is 0 Å². The average molecular weight is 302 g/mol. The first-order valence-corrected chi connectivity index (χ1v) is 6.98. The average Bonchev–Trinajstić information content (AvgIpc) is 2.89. The van der Waals surface area contributed by atoms with E-state index in [0.717, 1.165) is 0 Å². The zero-order valence-corrected chi connectivity index (χ0v) is 11.1. The highest BCUT2D eigenvalue weighted by Gasteiger charge is 2.09. The molecule has 8 heteroatoms. The lowest BCUT2D eigenvalue weighted by Crippen LogP contribution is -2.04. The fraction of sp³-hybridized carbons (Fsp3) is 0.182. The van der Waals surface area contributed by atoms with Crippen LogP contribution in [0.2, 0.25) is 0 Å². The Morgan fingerprint density at radius 3 is 2.68 bits per heavy atom. The van der Waals surface area contributed by atoms with Gasteiger partial charge < -0.3 is 4.74 Å². The molecule has 0 amide bonds. The minimum Gasteiger partial charge on any atom is -0.435 e. The smallest absolute Gasteiger partial charge is 0.387 e. The summed E-state index contributed by atoms with van der Waals surface area (Å²) in [6.07, 6.45) is 0. The second kappa shape index (κ2) is 6.58. The van der Waals surface area contributed by atoms with Gasteiger partial charge in [0.2, 0.25) is 0 Å². The summed E-state index contributed by atoms with van der Waals surface area (Å²) in [6, 6.07) is 5.60. The number of ether oxygens (including phenoxy) is 1. The molecule has 4 nitrogen and oxygen atoms in total. The molecule has 1 aromatic carbocycles. The van der Waals surface area contributed by atoms with E-state index in [0.29, 0.717) is 9.90 Å². The van der Waals surface area contributed by atoms with E-state index < -0.39 is 6.61 Å². The van der Waals surface area contributed by atoms with Crippen LogP contribution in [0.3, 0.4) is 0 Å². The predicted molar refractivity (Wildman–Crippen MR) is 68.0 cm³/mol. The summed E-state index contributed by atoms with van der Waals surface area (Å²) < 4.78 is 28.8. The molecular formula is C11H8F2N2O2S2. The normalized spacial score (nSPS) is 10.7. The number of benzene rings is 1. The zero-order chi connectivity index (χ0) is 13.7. The van der Waals surface area contributed by atoms with Gasteiger partial charge in [0.15, 0.2) is 10.1 Å². The van der Waals surface area contributed by atoms with Gasteiger partial charge in [-0.25, -0.2) is 0 Å². The first-order chi connectivity index (χ1) is 9.15. The molecule has 0 aliphatic carbocycles. The molecular weight excluding hydrogens is 294 g/mol. The van der Waals surface area contributed by atoms with Crippen molar-refractivity contribution in [1.29, 1.82) is 0 Å². The number of halogens is 2. The lowest BCUT2D eigenvalue weighted by Gasteiger charge is -2.04. The van der Waals surface area contributed by atoms with Crippen LogP contribution in [0.4, 0.5) is 8.78 Å². The van der Waals surface area contributed by atoms with Gasteiger partial charge in [-0.15, -0.1) is 10.2 Å². The van der Waals surface area contributed by atoms with Crippen molar-refractivity contribution in [2.75, 3.05) is 5.75 Å². The molecule has 0 saturated carbocycles. The maximum absolute atomic E-state index is 12.0. The van der Waals surface area contributed by atoms with Crippen molar-refractivity contribution in [3.8, 4) is 5.75 Å². The Balaban J connectivity index is 1.92. The number of hydrogen-bond donors (Lipinski definition) is 0. The van der Waals surface area contributed by atoms with Crippen LogP contribution in [0.1, 0.15) is 10.4 Å². The molecule has 0 saturated heterocycles.